The van der Waals surface area contributed by atoms with Gasteiger partial charge in [0, 0.05) is 13.1 Å². The van der Waals surface area contributed by atoms with Gasteiger partial charge in [0.2, 0.25) is 5.91 Å². The lowest BCUT2D eigenvalue weighted by atomic mass is 10.1. The zero-order chi connectivity index (χ0) is 7.40. The van der Waals surface area contributed by atoms with Crippen LogP contribution in [0.15, 0.2) is 0 Å². The van der Waals surface area contributed by atoms with Gasteiger partial charge in [-0.1, -0.05) is 0 Å². The molecule has 66 valence electrons. The first-order valence-electron chi connectivity index (χ1n) is 3.82. The van der Waals surface area contributed by atoms with E-state index in [1.807, 2.05) is 4.90 Å². The Morgan fingerprint density at radius 3 is 2.27 bits per heavy atom. The zero-order valence-corrected chi connectivity index (χ0v) is 7.40. The Balaban J connectivity index is 0.000001000. The molecule has 0 radical (unpaired) electrons. The van der Waals surface area contributed by atoms with E-state index in [-0.39, 0.29) is 24.9 Å². The predicted octanol–water partition coefficient (Wildman–Crippen LogP) is 0.379. The summed E-state index contributed by atoms with van der Waals surface area (Å²) in [6, 6.07) is 0. The van der Waals surface area contributed by atoms with Gasteiger partial charge in [-0.2, -0.15) is 0 Å². The quantitative estimate of drug-likeness (QED) is 0.631. The molecule has 1 heterocycles. The normalized spacial score (nSPS) is 17.4. The average molecular weight is 179 g/mol. The average Bonchev–Trinajstić information content (AvgIpc) is 2.05. The molecular weight excluding hydrogens is 164 g/mol. The van der Waals surface area contributed by atoms with Crippen LogP contribution in [0.2, 0.25) is 0 Å². The standard InChI is InChI=1S/C7H14N2O.ClH/c8-6-7(10)9-4-2-1-3-5-9;/h1-6,8H2;1H. The highest BCUT2D eigenvalue weighted by Crippen LogP contribution is 2.07. The summed E-state index contributed by atoms with van der Waals surface area (Å²) >= 11 is 0. The summed E-state index contributed by atoms with van der Waals surface area (Å²) in [5.41, 5.74) is 5.21. The number of amides is 1. The summed E-state index contributed by atoms with van der Waals surface area (Å²) in [7, 11) is 0. The Hall–Kier alpha value is -0.280. The molecule has 0 aliphatic carbocycles. The van der Waals surface area contributed by atoms with Crippen LogP contribution in [0.5, 0.6) is 0 Å². The number of hydrogen-bond donors (Lipinski definition) is 1. The first-order valence-corrected chi connectivity index (χ1v) is 3.82. The van der Waals surface area contributed by atoms with Crippen molar-refractivity contribution >= 4 is 18.3 Å². The largest absolute Gasteiger partial charge is 0.342 e. The molecule has 1 fully saturated rings. The van der Waals surface area contributed by atoms with Gasteiger partial charge in [0.05, 0.1) is 6.54 Å². The highest BCUT2D eigenvalue weighted by Gasteiger charge is 2.13. The summed E-state index contributed by atoms with van der Waals surface area (Å²) in [5, 5.41) is 0. The summed E-state index contributed by atoms with van der Waals surface area (Å²) in [4.78, 5) is 12.8. The fourth-order valence-electron chi connectivity index (χ4n) is 1.27. The maximum absolute atomic E-state index is 11.0. The van der Waals surface area contributed by atoms with E-state index in [1.54, 1.807) is 0 Å². The van der Waals surface area contributed by atoms with Gasteiger partial charge in [0.15, 0.2) is 0 Å². The first kappa shape index (κ1) is 10.7. The van der Waals surface area contributed by atoms with Gasteiger partial charge in [0.1, 0.15) is 0 Å². The molecule has 4 heteroatoms. The molecule has 0 atom stereocenters. The van der Waals surface area contributed by atoms with Crippen LogP contribution in [0.1, 0.15) is 19.3 Å². The lowest BCUT2D eigenvalue weighted by molar-refractivity contribution is -0.130. The molecule has 1 aliphatic rings. The number of rotatable bonds is 1. The number of halogens is 1. The van der Waals surface area contributed by atoms with Crippen LogP contribution in [-0.2, 0) is 4.79 Å². The molecule has 0 saturated carbocycles. The Morgan fingerprint density at radius 2 is 1.82 bits per heavy atom. The van der Waals surface area contributed by atoms with Gasteiger partial charge in [-0.05, 0) is 19.3 Å². The number of likely N-dealkylation sites (tertiary alicyclic amines) is 1. The van der Waals surface area contributed by atoms with Crippen LogP contribution < -0.4 is 5.73 Å². The van der Waals surface area contributed by atoms with Crippen LogP contribution in [-0.4, -0.2) is 30.4 Å². The molecule has 2 N–H and O–H groups in total. The Morgan fingerprint density at radius 1 is 1.27 bits per heavy atom. The van der Waals surface area contributed by atoms with E-state index >= 15 is 0 Å². The molecule has 0 aromatic carbocycles. The van der Waals surface area contributed by atoms with Crippen molar-refractivity contribution in [3.63, 3.8) is 0 Å². The number of carbonyl (C=O) groups is 1. The fraction of sp³-hybridized carbons (Fsp3) is 0.857. The summed E-state index contributed by atoms with van der Waals surface area (Å²) < 4.78 is 0. The van der Waals surface area contributed by atoms with E-state index in [0.29, 0.717) is 0 Å². The van der Waals surface area contributed by atoms with Crippen LogP contribution in [0.4, 0.5) is 0 Å². The van der Waals surface area contributed by atoms with E-state index in [2.05, 4.69) is 0 Å². The molecule has 1 aliphatic heterocycles. The van der Waals surface area contributed by atoms with E-state index in [0.717, 1.165) is 25.9 Å². The number of carbonyl (C=O) groups excluding carboxylic acids is 1. The molecule has 0 spiro atoms. The summed E-state index contributed by atoms with van der Waals surface area (Å²) in [6.45, 7) is 1.99. The second kappa shape index (κ2) is 5.38. The molecule has 1 amide bonds. The number of hydrogen-bond acceptors (Lipinski definition) is 2. The Kier molecular flexibility index (Phi) is 5.24. The van der Waals surface area contributed by atoms with Gasteiger partial charge < -0.3 is 10.6 Å². The number of piperidine rings is 1. The third-order valence-corrected chi connectivity index (χ3v) is 1.88. The van der Waals surface area contributed by atoms with E-state index in [1.165, 1.54) is 6.42 Å². The van der Waals surface area contributed by atoms with Crippen molar-refractivity contribution in [3.05, 3.63) is 0 Å². The monoisotopic (exact) mass is 178 g/mol. The summed E-state index contributed by atoms with van der Waals surface area (Å²) in [5.74, 6) is 0.0969. The minimum Gasteiger partial charge on any atom is -0.342 e. The van der Waals surface area contributed by atoms with Gasteiger partial charge in [-0.15, -0.1) is 12.4 Å². The van der Waals surface area contributed by atoms with Crippen molar-refractivity contribution in [2.24, 2.45) is 5.73 Å². The highest BCUT2D eigenvalue weighted by atomic mass is 35.5. The Labute approximate surface area is 73.3 Å². The second-order valence-electron chi connectivity index (χ2n) is 2.65. The van der Waals surface area contributed by atoms with Crippen LogP contribution >= 0.6 is 12.4 Å². The van der Waals surface area contributed by atoms with Gasteiger partial charge in [0.25, 0.3) is 0 Å². The van der Waals surface area contributed by atoms with Gasteiger partial charge in [-0.25, -0.2) is 0 Å². The minimum absolute atomic E-state index is 0. The molecule has 1 rings (SSSR count). The van der Waals surface area contributed by atoms with E-state index in [9.17, 15) is 4.79 Å². The van der Waals surface area contributed by atoms with Crippen molar-refractivity contribution in [3.8, 4) is 0 Å². The van der Waals surface area contributed by atoms with Crippen molar-refractivity contribution in [2.75, 3.05) is 19.6 Å². The first-order chi connectivity index (χ1) is 4.84. The van der Waals surface area contributed by atoms with E-state index < -0.39 is 0 Å². The zero-order valence-electron chi connectivity index (χ0n) is 6.58. The SMILES string of the molecule is Cl.NCC(=O)N1CCCCC1. The maximum atomic E-state index is 11.0. The topological polar surface area (TPSA) is 46.3 Å². The fourth-order valence-corrected chi connectivity index (χ4v) is 1.27. The molecule has 3 nitrogen and oxygen atoms in total. The summed E-state index contributed by atoms with van der Waals surface area (Å²) in [6.07, 6.45) is 3.55. The van der Waals surface area contributed by atoms with Crippen LogP contribution in [0.25, 0.3) is 0 Å². The Bertz CT molecular complexity index is 124. The minimum atomic E-state index is 0. The maximum Gasteiger partial charge on any atom is 0.236 e. The molecule has 0 unspecified atom stereocenters. The van der Waals surface area contributed by atoms with Crippen molar-refractivity contribution < 1.29 is 4.79 Å². The molecule has 11 heavy (non-hydrogen) atoms. The lowest BCUT2D eigenvalue weighted by Gasteiger charge is -2.25. The van der Waals surface area contributed by atoms with Crippen LogP contribution in [0, 0.1) is 0 Å². The number of nitrogens with zero attached hydrogens (tertiary/aromatic N) is 1. The van der Waals surface area contributed by atoms with Gasteiger partial charge >= 0.3 is 0 Å². The van der Waals surface area contributed by atoms with E-state index in [4.69, 9.17) is 5.73 Å². The second-order valence-corrected chi connectivity index (χ2v) is 2.65. The third kappa shape index (κ3) is 3.08. The van der Waals surface area contributed by atoms with Crippen molar-refractivity contribution in [2.45, 2.75) is 19.3 Å². The van der Waals surface area contributed by atoms with Crippen LogP contribution in [0.3, 0.4) is 0 Å². The molecular formula is C7H15ClN2O. The molecule has 0 aromatic heterocycles. The third-order valence-electron chi connectivity index (χ3n) is 1.88. The van der Waals surface area contributed by atoms with Crippen molar-refractivity contribution in [1.82, 2.24) is 4.90 Å². The molecule has 0 bridgehead atoms. The van der Waals surface area contributed by atoms with Gasteiger partial charge in [-0.3, -0.25) is 4.79 Å². The van der Waals surface area contributed by atoms with Crippen molar-refractivity contribution in [1.29, 1.82) is 0 Å². The lowest BCUT2D eigenvalue weighted by Crippen LogP contribution is -2.39. The molecule has 0 aromatic rings. The highest BCUT2D eigenvalue weighted by molar-refractivity contribution is 5.85. The molecule has 1 saturated heterocycles. The number of nitrogens with two attached hydrogens (primary N) is 1. The predicted molar refractivity (Wildman–Crippen MR) is 46.7 cm³/mol. The smallest absolute Gasteiger partial charge is 0.236 e.